The molecule has 106 valence electrons. The highest BCUT2D eigenvalue weighted by molar-refractivity contribution is 5.85. The quantitative estimate of drug-likeness (QED) is 0.802. The van der Waals surface area contributed by atoms with Gasteiger partial charge in [-0.2, -0.15) is 0 Å². The van der Waals surface area contributed by atoms with E-state index in [1.165, 1.54) is 12.8 Å². The molecule has 1 heterocycles. The van der Waals surface area contributed by atoms with Gasteiger partial charge in [0.1, 0.15) is 6.10 Å². The normalized spacial score (nSPS) is 25.7. The Balaban J connectivity index is 0.00000162. The lowest BCUT2D eigenvalue weighted by Gasteiger charge is -2.22. The fourth-order valence-electron chi connectivity index (χ4n) is 2.67. The Morgan fingerprint density at radius 2 is 2.11 bits per heavy atom. The summed E-state index contributed by atoms with van der Waals surface area (Å²) in [5.41, 5.74) is 0. The maximum Gasteiger partial charge on any atom is 0.249 e. The van der Waals surface area contributed by atoms with E-state index in [1.807, 2.05) is 6.92 Å². The topological polar surface area (TPSA) is 50.4 Å². The summed E-state index contributed by atoms with van der Waals surface area (Å²) in [6.07, 6.45) is 6.59. The number of hydrogen-bond acceptors (Lipinski definition) is 3. The molecule has 5 heteroatoms. The number of ether oxygens (including phenoxy) is 1. The maximum atomic E-state index is 12.1. The van der Waals surface area contributed by atoms with E-state index in [9.17, 15) is 4.79 Å². The second-order valence-electron chi connectivity index (χ2n) is 5.14. The second kappa shape index (κ2) is 7.97. The first-order valence-corrected chi connectivity index (χ1v) is 6.96. The van der Waals surface area contributed by atoms with E-state index in [0.29, 0.717) is 12.1 Å². The van der Waals surface area contributed by atoms with Crippen LogP contribution in [0.1, 0.15) is 45.4 Å². The zero-order valence-electron chi connectivity index (χ0n) is 11.1. The Labute approximate surface area is 116 Å². The van der Waals surface area contributed by atoms with Gasteiger partial charge in [0.2, 0.25) is 5.91 Å². The molecule has 1 aliphatic carbocycles. The number of hydrogen-bond donors (Lipinski definition) is 2. The molecule has 2 rings (SSSR count). The molecule has 0 spiro atoms. The Kier molecular flexibility index (Phi) is 6.97. The van der Waals surface area contributed by atoms with Crippen molar-refractivity contribution in [2.24, 2.45) is 0 Å². The average Bonchev–Trinajstić information content (AvgIpc) is 2.97. The average molecular weight is 277 g/mol. The van der Waals surface area contributed by atoms with E-state index in [1.54, 1.807) is 0 Å². The molecular formula is C13H25ClN2O2. The third-order valence-electron chi connectivity index (χ3n) is 3.73. The number of carbonyl (C=O) groups excluding carboxylic acids is 1. The van der Waals surface area contributed by atoms with Crippen LogP contribution in [0.3, 0.4) is 0 Å². The van der Waals surface area contributed by atoms with Gasteiger partial charge in [-0.25, -0.2) is 0 Å². The summed E-state index contributed by atoms with van der Waals surface area (Å²) in [7, 11) is 0. The summed E-state index contributed by atoms with van der Waals surface area (Å²) in [4.78, 5) is 12.1. The number of nitrogens with one attached hydrogen (secondary N) is 2. The number of amides is 1. The summed E-state index contributed by atoms with van der Waals surface area (Å²) >= 11 is 0. The molecule has 1 amide bonds. The SMILES string of the molecule is CCC(OC1CCCC1)C(=O)NC1CCNC1.Cl. The highest BCUT2D eigenvalue weighted by Crippen LogP contribution is 2.23. The Hall–Kier alpha value is -0.320. The second-order valence-corrected chi connectivity index (χ2v) is 5.14. The van der Waals surface area contributed by atoms with Gasteiger partial charge in [-0.05, 0) is 32.2 Å². The third kappa shape index (κ3) is 4.41. The smallest absolute Gasteiger partial charge is 0.249 e. The summed E-state index contributed by atoms with van der Waals surface area (Å²) < 4.78 is 5.90. The Bertz CT molecular complexity index is 251. The minimum absolute atomic E-state index is 0. The highest BCUT2D eigenvalue weighted by Gasteiger charge is 2.26. The standard InChI is InChI=1S/C13H24N2O2.ClH/c1-2-12(17-11-5-3-4-6-11)13(16)15-10-7-8-14-9-10;/h10-12,14H,2-9H2,1H3,(H,15,16);1H. The van der Waals surface area contributed by atoms with Gasteiger partial charge in [0, 0.05) is 12.6 Å². The van der Waals surface area contributed by atoms with E-state index in [0.717, 1.165) is 38.8 Å². The monoisotopic (exact) mass is 276 g/mol. The van der Waals surface area contributed by atoms with Crippen molar-refractivity contribution in [2.45, 2.75) is 63.7 Å². The van der Waals surface area contributed by atoms with Crippen molar-refractivity contribution in [3.05, 3.63) is 0 Å². The molecule has 1 saturated carbocycles. The van der Waals surface area contributed by atoms with E-state index in [-0.39, 0.29) is 24.4 Å². The van der Waals surface area contributed by atoms with Crippen molar-refractivity contribution in [3.8, 4) is 0 Å². The molecular weight excluding hydrogens is 252 g/mol. The molecule has 2 fully saturated rings. The molecule has 2 atom stereocenters. The predicted molar refractivity (Wildman–Crippen MR) is 74.1 cm³/mol. The molecule has 1 aliphatic heterocycles. The van der Waals surface area contributed by atoms with Gasteiger partial charge in [0.15, 0.2) is 0 Å². The number of halogens is 1. The van der Waals surface area contributed by atoms with Crippen LogP contribution in [0.2, 0.25) is 0 Å². The minimum atomic E-state index is -0.251. The van der Waals surface area contributed by atoms with E-state index < -0.39 is 0 Å². The Morgan fingerprint density at radius 3 is 2.67 bits per heavy atom. The first kappa shape index (κ1) is 15.7. The lowest BCUT2D eigenvalue weighted by Crippen LogP contribution is -2.44. The van der Waals surface area contributed by atoms with Crippen LogP contribution in [0.4, 0.5) is 0 Å². The zero-order chi connectivity index (χ0) is 12.1. The van der Waals surface area contributed by atoms with Gasteiger partial charge in [-0.1, -0.05) is 19.8 Å². The van der Waals surface area contributed by atoms with Gasteiger partial charge in [0.25, 0.3) is 0 Å². The first-order chi connectivity index (χ1) is 8.29. The van der Waals surface area contributed by atoms with Gasteiger partial charge in [-0.15, -0.1) is 12.4 Å². The van der Waals surface area contributed by atoms with Crippen molar-refractivity contribution in [1.82, 2.24) is 10.6 Å². The van der Waals surface area contributed by atoms with Crippen molar-refractivity contribution in [3.63, 3.8) is 0 Å². The molecule has 1 saturated heterocycles. The summed E-state index contributed by atoms with van der Waals surface area (Å²) in [5, 5.41) is 6.33. The Morgan fingerprint density at radius 1 is 1.39 bits per heavy atom. The molecule has 2 N–H and O–H groups in total. The molecule has 18 heavy (non-hydrogen) atoms. The van der Waals surface area contributed by atoms with Crippen LogP contribution >= 0.6 is 12.4 Å². The summed E-state index contributed by atoms with van der Waals surface area (Å²) in [6.45, 7) is 3.92. The van der Waals surface area contributed by atoms with Gasteiger partial charge >= 0.3 is 0 Å². The van der Waals surface area contributed by atoms with Crippen LogP contribution < -0.4 is 10.6 Å². The number of rotatable bonds is 5. The molecule has 4 nitrogen and oxygen atoms in total. The van der Waals surface area contributed by atoms with Crippen LogP contribution in [-0.2, 0) is 9.53 Å². The predicted octanol–water partition coefficient (Wildman–Crippen LogP) is 1.62. The summed E-state index contributed by atoms with van der Waals surface area (Å²) in [5.74, 6) is 0.0769. The van der Waals surface area contributed by atoms with Crippen molar-refractivity contribution >= 4 is 18.3 Å². The van der Waals surface area contributed by atoms with Gasteiger partial charge in [-0.3, -0.25) is 4.79 Å². The van der Waals surface area contributed by atoms with Gasteiger partial charge < -0.3 is 15.4 Å². The number of carbonyl (C=O) groups is 1. The molecule has 0 aromatic rings. The van der Waals surface area contributed by atoms with Crippen LogP contribution in [0.5, 0.6) is 0 Å². The molecule has 0 bridgehead atoms. The molecule has 0 aromatic heterocycles. The lowest BCUT2D eigenvalue weighted by atomic mass is 10.2. The van der Waals surface area contributed by atoms with E-state index in [4.69, 9.17) is 4.74 Å². The first-order valence-electron chi connectivity index (χ1n) is 6.96. The molecule has 0 aromatic carbocycles. The maximum absolute atomic E-state index is 12.1. The van der Waals surface area contributed by atoms with Crippen LogP contribution in [0, 0.1) is 0 Å². The zero-order valence-corrected chi connectivity index (χ0v) is 11.9. The van der Waals surface area contributed by atoms with Crippen molar-refractivity contribution in [1.29, 1.82) is 0 Å². The molecule has 2 unspecified atom stereocenters. The van der Waals surface area contributed by atoms with Crippen LogP contribution in [0.15, 0.2) is 0 Å². The van der Waals surface area contributed by atoms with Crippen molar-refractivity contribution < 1.29 is 9.53 Å². The largest absolute Gasteiger partial charge is 0.365 e. The summed E-state index contributed by atoms with van der Waals surface area (Å²) in [6, 6.07) is 0.295. The van der Waals surface area contributed by atoms with E-state index in [2.05, 4.69) is 10.6 Å². The molecule has 0 radical (unpaired) electrons. The highest BCUT2D eigenvalue weighted by atomic mass is 35.5. The molecule has 2 aliphatic rings. The van der Waals surface area contributed by atoms with Crippen LogP contribution in [0.25, 0.3) is 0 Å². The third-order valence-corrected chi connectivity index (χ3v) is 3.73. The lowest BCUT2D eigenvalue weighted by molar-refractivity contribution is -0.137. The fraction of sp³-hybridized carbons (Fsp3) is 0.923. The minimum Gasteiger partial charge on any atom is -0.365 e. The van der Waals surface area contributed by atoms with Crippen LogP contribution in [-0.4, -0.2) is 37.2 Å². The van der Waals surface area contributed by atoms with E-state index >= 15 is 0 Å². The fourth-order valence-corrected chi connectivity index (χ4v) is 2.67. The van der Waals surface area contributed by atoms with Gasteiger partial charge in [0.05, 0.1) is 6.10 Å². The van der Waals surface area contributed by atoms with Crippen molar-refractivity contribution in [2.75, 3.05) is 13.1 Å².